The van der Waals surface area contributed by atoms with Gasteiger partial charge in [0.25, 0.3) is 0 Å². The topological polar surface area (TPSA) is 18.5 Å². The maximum Gasteiger partial charge on any atom is 0.460 e. The molecular formula is C13H13F15O2. The molecule has 0 aliphatic heterocycles. The summed E-state index contributed by atoms with van der Waals surface area (Å²) < 4.78 is 201. The van der Waals surface area contributed by atoms with Crippen LogP contribution < -0.4 is 0 Å². The minimum Gasteiger partial charge on any atom is -0.312 e. The lowest BCUT2D eigenvalue weighted by molar-refractivity contribution is -0.469. The first kappa shape index (κ1) is 28.9. The molecule has 2 nitrogen and oxygen atoms in total. The number of hydrogen-bond acceptors (Lipinski definition) is 2. The van der Waals surface area contributed by atoms with Crippen LogP contribution in [0, 0.1) is 0 Å². The summed E-state index contributed by atoms with van der Waals surface area (Å²) in [6.45, 7) is 1.13. The second-order valence-electron chi connectivity index (χ2n) is 5.97. The van der Waals surface area contributed by atoms with E-state index in [-0.39, 0.29) is 0 Å². The Balaban J connectivity index is 5.98. The van der Waals surface area contributed by atoms with Gasteiger partial charge in [-0.15, -0.1) is 0 Å². The first-order valence-electron chi connectivity index (χ1n) is 7.52. The molecule has 0 aromatic rings. The van der Waals surface area contributed by atoms with E-state index in [9.17, 15) is 65.9 Å². The van der Waals surface area contributed by atoms with Crippen molar-refractivity contribution in [1.29, 1.82) is 0 Å². The van der Waals surface area contributed by atoms with Crippen molar-refractivity contribution < 1.29 is 75.3 Å². The zero-order valence-electron chi connectivity index (χ0n) is 14.8. The number of halogens is 15. The number of hydrogen-bond donors (Lipinski definition) is 0. The monoisotopic (exact) mass is 486 g/mol. The van der Waals surface area contributed by atoms with Crippen LogP contribution in [-0.4, -0.2) is 54.3 Å². The molecule has 2 unspecified atom stereocenters. The highest BCUT2D eigenvalue weighted by atomic mass is 19.4. The maximum absolute atomic E-state index is 13.7. The van der Waals surface area contributed by atoms with E-state index in [1.54, 1.807) is 0 Å². The highest BCUT2D eigenvalue weighted by Gasteiger charge is 2.84. The van der Waals surface area contributed by atoms with Crippen molar-refractivity contribution in [3.63, 3.8) is 0 Å². The van der Waals surface area contributed by atoms with Gasteiger partial charge in [0.1, 0.15) is 6.10 Å². The molecule has 0 N–H and O–H groups in total. The number of ether oxygens (including phenoxy) is 2. The van der Waals surface area contributed by atoms with Crippen LogP contribution in [0.15, 0.2) is 0 Å². The van der Waals surface area contributed by atoms with Gasteiger partial charge in [0.05, 0.1) is 6.10 Å². The minimum absolute atomic E-state index is 0.444. The lowest BCUT2D eigenvalue weighted by Gasteiger charge is -2.39. The largest absolute Gasteiger partial charge is 0.460 e. The van der Waals surface area contributed by atoms with Crippen LogP contribution in [0.1, 0.15) is 27.2 Å². The van der Waals surface area contributed by atoms with Gasteiger partial charge in [-0.1, -0.05) is 6.92 Å². The number of alkyl halides is 15. The van der Waals surface area contributed by atoms with Crippen LogP contribution in [0.3, 0.4) is 0 Å². The van der Waals surface area contributed by atoms with Gasteiger partial charge in [0, 0.05) is 0 Å². The van der Waals surface area contributed by atoms with Crippen molar-refractivity contribution in [1.82, 2.24) is 0 Å². The van der Waals surface area contributed by atoms with Gasteiger partial charge in [0.2, 0.25) is 0 Å². The first-order chi connectivity index (χ1) is 12.8. The van der Waals surface area contributed by atoms with Gasteiger partial charge in [-0.3, -0.25) is 0 Å². The molecule has 0 spiro atoms. The second-order valence-corrected chi connectivity index (χ2v) is 5.97. The van der Waals surface area contributed by atoms with Gasteiger partial charge >= 0.3 is 42.1 Å². The summed E-state index contributed by atoms with van der Waals surface area (Å²) in [5.41, 5.74) is 0. The summed E-state index contributed by atoms with van der Waals surface area (Å²) in [6.07, 6.45) is -27.3. The van der Waals surface area contributed by atoms with E-state index < -0.39 is 67.6 Å². The molecule has 2 atom stereocenters. The third-order valence-corrected chi connectivity index (χ3v) is 3.66. The smallest absolute Gasteiger partial charge is 0.312 e. The van der Waals surface area contributed by atoms with Gasteiger partial charge in [0.15, 0.2) is 0 Å². The predicted molar refractivity (Wildman–Crippen MR) is 67.1 cm³/mol. The summed E-state index contributed by atoms with van der Waals surface area (Å²) >= 11 is 0. The summed E-state index contributed by atoms with van der Waals surface area (Å²) in [6, 6.07) is 0. The van der Waals surface area contributed by atoms with E-state index in [4.69, 9.17) is 0 Å². The fourth-order valence-electron chi connectivity index (χ4n) is 1.59. The van der Waals surface area contributed by atoms with Crippen molar-refractivity contribution in [2.24, 2.45) is 0 Å². The van der Waals surface area contributed by atoms with E-state index in [0.717, 1.165) is 6.92 Å². The molecule has 30 heavy (non-hydrogen) atoms. The van der Waals surface area contributed by atoms with Crippen LogP contribution in [-0.2, 0) is 9.47 Å². The normalized spacial score (nSPS) is 17.8. The summed E-state index contributed by atoms with van der Waals surface area (Å²) in [5, 5.41) is 0. The summed E-state index contributed by atoms with van der Waals surface area (Å²) in [4.78, 5) is 0. The van der Waals surface area contributed by atoms with Gasteiger partial charge in [-0.25, -0.2) is 0 Å². The molecule has 0 heterocycles. The van der Waals surface area contributed by atoms with Crippen molar-refractivity contribution in [2.45, 2.75) is 81.5 Å². The minimum atomic E-state index is -7.59. The SMILES string of the molecule is CCC(C)OC(F)(F)C(F)(F)C(F)(F)C(C)OC(F)(F)C(F)(F)C(F)(F)C(F)(F)F. The Hall–Kier alpha value is -1.13. The van der Waals surface area contributed by atoms with Crippen LogP contribution >= 0.6 is 0 Å². The maximum atomic E-state index is 13.7. The molecule has 0 saturated heterocycles. The zero-order chi connectivity index (χ0) is 24.8. The quantitative estimate of drug-likeness (QED) is 0.329. The fourth-order valence-corrected chi connectivity index (χ4v) is 1.59. The van der Waals surface area contributed by atoms with Crippen LogP contribution in [0.2, 0.25) is 0 Å². The molecule has 0 fully saturated rings. The molecule has 0 aromatic carbocycles. The molecule has 0 rings (SSSR count). The molecule has 0 aliphatic carbocycles. The van der Waals surface area contributed by atoms with Crippen LogP contribution in [0.25, 0.3) is 0 Å². The molecule has 0 amide bonds. The Morgan fingerprint density at radius 1 is 0.567 bits per heavy atom. The standard InChI is InChI=1S/C13H13F15O2/c1-4-5(2)29-12(25,26)8(16,17)7(14,15)6(3)30-13(27,28)10(20,21)9(18,19)11(22,23)24/h5-6H,4H2,1-3H3. The summed E-state index contributed by atoms with van der Waals surface area (Å²) in [5.74, 6) is -28.4. The van der Waals surface area contributed by atoms with Gasteiger partial charge < -0.3 is 9.47 Å². The third-order valence-electron chi connectivity index (χ3n) is 3.66. The van der Waals surface area contributed by atoms with Crippen LogP contribution in [0.4, 0.5) is 65.9 Å². The molecule has 0 aromatic heterocycles. The van der Waals surface area contributed by atoms with E-state index in [0.29, 0.717) is 6.92 Å². The number of rotatable bonds is 10. The zero-order valence-corrected chi connectivity index (χ0v) is 14.8. The highest BCUT2D eigenvalue weighted by Crippen LogP contribution is 2.55. The van der Waals surface area contributed by atoms with Gasteiger partial charge in [-0.05, 0) is 20.3 Å². The Morgan fingerprint density at radius 2 is 0.933 bits per heavy atom. The fraction of sp³-hybridized carbons (Fsp3) is 1.00. The second kappa shape index (κ2) is 8.09. The van der Waals surface area contributed by atoms with Crippen molar-refractivity contribution in [2.75, 3.05) is 0 Å². The van der Waals surface area contributed by atoms with Crippen molar-refractivity contribution in [3.8, 4) is 0 Å². The average Bonchev–Trinajstić information content (AvgIpc) is 2.51. The third kappa shape index (κ3) is 4.70. The van der Waals surface area contributed by atoms with E-state index in [1.165, 1.54) is 0 Å². The Bertz CT molecular complexity index is 584. The van der Waals surface area contributed by atoms with Gasteiger partial charge in [-0.2, -0.15) is 65.9 Å². The molecule has 0 saturated carbocycles. The predicted octanol–water partition coefficient (Wildman–Crippen LogP) is 6.50. The molecule has 0 bridgehead atoms. The van der Waals surface area contributed by atoms with E-state index >= 15 is 0 Å². The average molecular weight is 486 g/mol. The van der Waals surface area contributed by atoms with Crippen molar-refractivity contribution >= 4 is 0 Å². The van der Waals surface area contributed by atoms with E-state index in [1.807, 2.05) is 0 Å². The Morgan fingerprint density at radius 3 is 1.27 bits per heavy atom. The van der Waals surface area contributed by atoms with Crippen LogP contribution in [0.5, 0.6) is 0 Å². The molecule has 182 valence electrons. The Kier molecular flexibility index (Phi) is 7.79. The van der Waals surface area contributed by atoms with Crippen molar-refractivity contribution in [3.05, 3.63) is 0 Å². The molecular weight excluding hydrogens is 473 g/mol. The first-order valence-corrected chi connectivity index (χ1v) is 7.52. The highest BCUT2D eigenvalue weighted by molar-refractivity contribution is 5.00. The van der Waals surface area contributed by atoms with E-state index in [2.05, 4.69) is 9.47 Å². The lowest BCUT2D eigenvalue weighted by Crippen LogP contribution is -2.65. The molecule has 17 heteroatoms. The Labute approximate surface area is 158 Å². The summed E-state index contributed by atoms with van der Waals surface area (Å²) in [7, 11) is 0. The molecule has 0 aliphatic rings. The lowest BCUT2D eigenvalue weighted by atomic mass is 10.0. The molecule has 0 radical (unpaired) electrons.